The Morgan fingerprint density at radius 2 is 2.44 bits per heavy atom. The molecule has 9 heavy (non-hydrogen) atoms. The van der Waals surface area contributed by atoms with Gasteiger partial charge in [0.1, 0.15) is 5.40 Å². The molecule has 50 valence electrons. The Bertz CT molecular complexity index is 138. The predicted octanol–water partition coefficient (Wildman–Crippen LogP) is 1.77. The third kappa shape index (κ3) is 3.15. The van der Waals surface area contributed by atoms with Gasteiger partial charge in [0.25, 0.3) is 0 Å². The third-order valence-electron chi connectivity index (χ3n) is 1.16. The van der Waals surface area contributed by atoms with Gasteiger partial charge in [-0.15, -0.1) is 0 Å². The van der Waals surface area contributed by atoms with E-state index in [0.717, 1.165) is 18.2 Å². The van der Waals surface area contributed by atoms with Gasteiger partial charge in [-0.25, -0.2) is 0 Å². The van der Waals surface area contributed by atoms with Crippen molar-refractivity contribution in [1.29, 1.82) is 5.26 Å². The Kier molecular flexibility index (Phi) is 4.16. The van der Waals surface area contributed by atoms with Crippen molar-refractivity contribution in [2.24, 2.45) is 5.92 Å². The first-order chi connectivity index (χ1) is 4.22. The summed E-state index contributed by atoms with van der Waals surface area (Å²) in [6.45, 7) is 3.76. The van der Waals surface area contributed by atoms with Crippen molar-refractivity contribution in [2.45, 2.75) is 20.3 Å². The molecule has 0 aliphatic heterocycles. The molecule has 0 aliphatic rings. The fraction of sp³-hybridized carbons (Fsp3) is 0.667. The van der Waals surface area contributed by atoms with Crippen LogP contribution in [0.4, 0.5) is 0 Å². The van der Waals surface area contributed by atoms with Crippen LogP contribution in [-0.4, -0.2) is 5.12 Å². The second kappa shape index (κ2) is 4.39. The van der Waals surface area contributed by atoms with Crippen LogP contribution >= 0.6 is 11.8 Å². The smallest absolute Gasteiger partial charge is 0.206 e. The number of nitrogens with zero attached hydrogens (tertiary/aromatic N) is 1. The van der Waals surface area contributed by atoms with Crippen LogP contribution in [0.15, 0.2) is 0 Å². The van der Waals surface area contributed by atoms with E-state index < -0.39 is 0 Å². The van der Waals surface area contributed by atoms with Gasteiger partial charge >= 0.3 is 0 Å². The van der Waals surface area contributed by atoms with E-state index in [0.29, 0.717) is 0 Å². The largest absolute Gasteiger partial charge is 0.286 e. The van der Waals surface area contributed by atoms with E-state index in [2.05, 4.69) is 0 Å². The molecule has 0 bridgehead atoms. The number of carbonyl (C=O) groups is 1. The van der Waals surface area contributed by atoms with Gasteiger partial charge in [-0.3, -0.25) is 4.79 Å². The molecule has 0 spiro atoms. The SMILES string of the molecule is CC[C@H](C)C(=O)SC#N. The number of carbonyl (C=O) groups excluding carboxylic acids is 1. The number of thioether (sulfide) groups is 1. The van der Waals surface area contributed by atoms with Crippen molar-refractivity contribution < 1.29 is 4.79 Å². The zero-order chi connectivity index (χ0) is 7.28. The summed E-state index contributed by atoms with van der Waals surface area (Å²) in [5.74, 6) is 0.0228. The van der Waals surface area contributed by atoms with E-state index >= 15 is 0 Å². The van der Waals surface area contributed by atoms with Crippen LogP contribution in [0.5, 0.6) is 0 Å². The summed E-state index contributed by atoms with van der Waals surface area (Å²) in [6, 6.07) is 0. The summed E-state index contributed by atoms with van der Waals surface area (Å²) in [4.78, 5) is 10.7. The maximum atomic E-state index is 10.7. The van der Waals surface area contributed by atoms with Gasteiger partial charge < -0.3 is 0 Å². The summed E-state index contributed by atoms with van der Waals surface area (Å²) in [5.41, 5.74) is 0. The highest BCUT2D eigenvalue weighted by atomic mass is 32.2. The summed E-state index contributed by atoms with van der Waals surface area (Å²) >= 11 is 0.731. The maximum absolute atomic E-state index is 10.7. The Morgan fingerprint density at radius 1 is 1.89 bits per heavy atom. The van der Waals surface area contributed by atoms with Crippen molar-refractivity contribution in [1.82, 2.24) is 0 Å². The second-order valence-electron chi connectivity index (χ2n) is 1.82. The Balaban J connectivity index is 3.62. The first kappa shape index (κ1) is 8.51. The first-order valence-electron chi connectivity index (χ1n) is 2.82. The highest BCUT2D eigenvalue weighted by Crippen LogP contribution is 2.11. The summed E-state index contributed by atoms with van der Waals surface area (Å²) in [5, 5.41) is 9.80. The Morgan fingerprint density at radius 3 is 2.78 bits per heavy atom. The molecule has 0 aliphatic carbocycles. The van der Waals surface area contributed by atoms with Crippen molar-refractivity contribution in [3.05, 3.63) is 0 Å². The molecule has 1 atom stereocenters. The molecule has 0 amide bonds. The van der Waals surface area contributed by atoms with Crippen molar-refractivity contribution >= 4 is 16.9 Å². The fourth-order valence-corrected chi connectivity index (χ4v) is 0.770. The minimum absolute atomic E-state index is 0.0228. The molecule has 2 nitrogen and oxygen atoms in total. The van der Waals surface area contributed by atoms with Crippen molar-refractivity contribution in [3.63, 3.8) is 0 Å². The monoisotopic (exact) mass is 143 g/mol. The van der Waals surface area contributed by atoms with Crippen LogP contribution in [0.25, 0.3) is 0 Å². The molecule has 0 radical (unpaired) electrons. The molecule has 3 heteroatoms. The topological polar surface area (TPSA) is 40.9 Å². The summed E-state index contributed by atoms with van der Waals surface area (Å²) in [7, 11) is 0. The number of hydrogen-bond acceptors (Lipinski definition) is 3. The van der Waals surface area contributed by atoms with Gasteiger partial charge in [-0.2, -0.15) is 5.26 Å². The molecule has 0 aromatic carbocycles. The lowest BCUT2D eigenvalue weighted by Gasteiger charge is -1.99. The van der Waals surface area contributed by atoms with E-state index in [-0.39, 0.29) is 11.0 Å². The highest BCUT2D eigenvalue weighted by Gasteiger charge is 2.09. The lowest BCUT2D eigenvalue weighted by molar-refractivity contribution is -0.113. The van der Waals surface area contributed by atoms with E-state index in [9.17, 15) is 4.79 Å². The molecule has 0 fully saturated rings. The third-order valence-corrected chi connectivity index (χ3v) is 1.86. The fourth-order valence-electron chi connectivity index (χ4n) is 0.312. The van der Waals surface area contributed by atoms with E-state index in [1.165, 1.54) is 0 Å². The van der Waals surface area contributed by atoms with E-state index in [4.69, 9.17) is 5.26 Å². The molecule has 0 aromatic rings. The number of nitriles is 1. The normalized spacial score (nSPS) is 12.1. The molecular weight excluding hydrogens is 134 g/mol. The molecule has 0 N–H and O–H groups in total. The zero-order valence-corrected chi connectivity index (χ0v) is 6.36. The van der Waals surface area contributed by atoms with Gasteiger partial charge in [0.15, 0.2) is 0 Å². The average Bonchev–Trinajstić information content (AvgIpc) is 1.87. The van der Waals surface area contributed by atoms with E-state index in [1.807, 2.05) is 13.8 Å². The van der Waals surface area contributed by atoms with Crippen LogP contribution in [-0.2, 0) is 4.79 Å². The van der Waals surface area contributed by atoms with E-state index in [1.54, 1.807) is 5.40 Å². The zero-order valence-electron chi connectivity index (χ0n) is 5.55. The van der Waals surface area contributed by atoms with Crippen LogP contribution in [0.2, 0.25) is 0 Å². The average molecular weight is 143 g/mol. The van der Waals surface area contributed by atoms with Crippen LogP contribution in [0.1, 0.15) is 20.3 Å². The van der Waals surface area contributed by atoms with Gasteiger partial charge in [-0.05, 0) is 6.42 Å². The maximum Gasteiger partial charge on any atom is 0.206 e. The number of hydrogen-bond donors (Lipinski definition) is 0. The minimum atomic E-state index is -0.0278. The Labute approximate surface area is 59.2 Å². The van der Waals surface area contributed by atoms with Crippen LogP contribution in [0.3, 0.4) is 0 Å². The predicted molar refractivity (Wildman–Crippen MR) is 37.7 cm³/mol. The Hall–Kier alpha value is -0.490. The van der Waals surface area contributed by atoms with Crippen molar-refractivity contribution in [3.8, 4) is 5.40 Å². The lowest BCUT2D eigenvalue weighted by Crippen LogP contribution is -2.03. The van der Waals surface area contributed by atoms with Gasteiger partial charge in [0.2, 0.25) is 5.12 Å². The molecule has 0 heterocycles. The lowest BCUT2D eigenvalue weighted by atomic mass is 10.1. The quantitative estimate of drug-likeness (QED) is 0.553. The molecule has 0 unspecified atom stereocenters. The molecule has 0 aromatic heterocycles. The highest BCUT2D eigenvalue weighted by molar-refractivity contribution is 8.17. The molecular formula is C6H9NOS. The number of rotatable bonds is 2. The minimum Gasteiger partial charge on any atom is -0.286 e. The standard InChI is InChI=1S/C6H9NOS/c1-3-5(2)6(8)9-4-7/h5H,3H2,1-2H3/t5-/m0/s1. The second-order valence-corrected chi connectivity index (χ2v) is 2.61. The van der Waals surface area contributed by atoms with Gasteiger partial charge in [-0.1, -0.05) is 13.8 Å². The van der Waals surface area contributed by atoms with Gasteiger partial charge in [0, 0.05) is 17.7 Å². The summed E-state index contributed by atoms with van der Waals surface area (Å²) < 4.78 is 0. The van der Waals surface area contributed by atoms with Crippen LogP contribution < -0.4 is 0 Å². The van der Waals surface area contributed by atoms with Crippen LogP contribution in [0, 0.1) is 16.6 Å². The molecule has 0 rings (SSSR count). The number of thiocyanates is 1. The molecule has 0 saturated carbocycles. The summed E-state index contributed by atoms with van der Waals surface area (Å²) in [6.07, 6.45) is 0.813. The van der Waals surface area contributed by atoms with Gasteiger partial charge in [0.05, 0.1) is 0 Å². The first-order valence-corrected chi connectivity index (χ1v) is 3.63. The molecule has 0 saturated heterocycles. The van der Waals surface area contributed by atoms with Crippen molar-refractivity contribution in [2.75, 3.05) is 0 Å².